The molecule has 0 radical (unpaired) electrons. The summed E-state index contributed by atoms with van der Waals surface area (Å²) in [6.45, 7) is 0. The highest BCUT2D eigenvalue weighted by atomic mass is 79.9. The van der Waals surface area contributed by atoms with Crippen LogP contribution >= 0.6 is 27.3 Å². The zero-order valence-electron chi connectivity index (χ0n) is 10.9. The van der Waals surface area contributed by atoms with Crippen molar-refractivity contribution in [1.82, 2.24) is 0 Å². The minimum Gasteiger partial charge on any atom is -0.497 e. The topological polar surface area (TPSA) is 44.5 Å². The monoisotopic (exact) mass is 341 g/mol. The van der Waals surface area contributed by atoms with Crippen LogP contribution in [0.5, 0.6) is 11.5 Å². The third-order valence-corrected chi connectivity index (χ3v) is 4.54. The molecule has 1 aromatic carbocycles. The Balaban J connectivity index is 2.20. The van der Waals surface area contributed by atoms with Crippen molar-refractivity contribution in [3.05, 3.63) is 44.6 Å². The molecule has 0 fully saturated rings. The van der Waals surface area contributed by atoms with E-state index in [2.05, 4.69) is 22.0 Å². The molecule has 0 amide bonds. The lowest BCUT2D eigenvalue weighted by molar-refractivity contribution is 0.388. The number of ether oxygens (including phenoxy) is 2. The van der Waals surface area contributed by atoms with Crippen molar-refractivity contribution >= 4 is 27.3 Å². The van der Waals surface area contributed by atoms with Crippen molar-refractivity contribution in [3.63, 3.8) is 0 Å². The fraction of sp³-hybridized carbons (Fsp3) is 0.286. The zero-order valence-corrected chi connectivity index (χ0v) is 13.3. The van der Waals surface area contributed by atoms with E-state index >= 15 is 0 Å². The van der Waals surface area contributed by atoms with Gasteiger partial charge < -0.3 is 15.2 Å². The molecule has 2 N–H and O–H groups in total. The van der Waals surface area contributed by atoms with E-state index in [1.165, 1.54) is 4.88 Å². The Morgan fingerprint density at radius 1 is 1.21 bits per heavy atom. The summed E-state index contributed by atoms with van der Waals surface area (Å²) in [5, 5.41) is 0. The minimum absolute atomic E-state index is 0.0913. The summed E-state index contributed by atoms with van der Waals surface area (Å²) in [6.07, 6.45) is 0.791. The Morgan fingerprint density at radius 3 is 2.58 bits per heavy atom. The van der Waals surface area contributed by atoms with E-state index in [1.54, 1.807) is 25.6 Å². The molecule has 19 heavy (non-hydrogen) atoms. The Morgan fingerprint density at radius 2 is 2.00 bits per heavy atom. The van der Waals surface area contributed by atoms with E-state index in [0.717, 1.165) is 27.3 Å². The molecule has 2 rings (SSSR count). The predicted molar refractivity (Wildman–Crippen MR) is 82.2 cm³/mol. The molecule has 2 aromatic rings. The van der Waals surface area contributed by atoms with Gasteiger partial charge in [0.25, 0.3) is 0 Å². The third kappa shape index (κ3) is 3.49. The van der Waals surface area contributed by atoms with Gasteiger partial charge in [0.05, 0.1) is 18.0 Å². The largest absolute Gasteiger partial charge is 0.497 e. The molecule has 0 aliphatic rings. The van der Waals surface area contributed by atoms with Crippen LogP contribution in [0.15, 0.2) is 34.1 Å². The second kappa shape index (κ2) is 6.41. The van der Waals surface area contributed by atoms with Crippen LogP contribution in [0.25, 0.3) is 0 Å². The van der Waals surface area contributed by atoms with Gasteiger partial charge in [0.1, 0.15) is 11.5 Å². The van der Waals surface area contributed by atoms with Crippen molar-refractivity contribution in [2.45, 2.75) is 12.5 Å². The number of benzene rings is 1. The molecule has 0 saturated carbocycles. The number of hydrogen-bond donors (Lipinski definition) is 1. The van der Waals surface area contributed by atoms with Crippen LogP contribution in [0.3, 0.4) is 0 Å². The quantitative estimate of drug-likeness (QED) is 0.900. The summed E-state index contributed by atoms with van der Waals surface area (Å²) in [7, 11) is 3.28. The molecule has 0 spiro atoms. The molecule has 3 nitrogen and oxygen atoms in total. The number of halogens is 1. The van der Waals surface area contributed by atoms with Crippen molar-refractivity contribution in [2.75, 3.05) is 14.2 Å². The molecule has 0 saturated heterocycles. The first-order valence-corrected chi connectivity index (χ1v) is 7.46. The highest BCUT2D eigenvalue weighted by Gasteiger charge is 2.14. The normalized spacial score (nSPS) is 12.2. The van der Waals surface area contributed by atoms with Gasteiger partial charge in [0.15, 0.2) is 0 Å². The first-order chi connectivity index (χ1) is 9.13. The average Bonchev–Trinajstić information content (AvgIpc) is 2.83. The van der Waals surface area contributed by atoms with Crippen molar-refractivity contribution in [2.24, 2.45) is 5.73 Å². The number of hydrogen-bond acceptors (Lipinski definition) is 4. The maximum absolute atomic E-state index is 6.27. The van der Waals surface area contributed by atoms with Gasteiger partial charge in [-0.15, -0.1) is 11.3 Å². The summed E-state index contributed by atoms with van der Waals surface area (Å²) < 4.78 is 11.7. The molecule has 1 unspecified atom stereocenters. The van der Waals surface area contributed by atoms with E-state index < -0.39 is 0 Å². The van der Waals surface area contributed by atoms with E-state index in [1.807, 2.05) is 24.3 Å². The molecular weight excluding hydrogens is 326 g/mol. The fourth-order valence-electron chi connectivity index (χ4n) is 1.91. The van der Waals surface area contributed by atoms with Crippen LogP contribution in [0.2, 0.25) is 0 Å². The average molecular weight is 342 g/mol. The lowest BCUT2D eigenvalue weighted by atomic mass is 10.0. The number of rotatable bonds is 5. The van der Waals surface area contributed by atoms with Crippen LogP contribution in [-0.2, 0) is 6.42 Å². The van der Waals surface area contributed by atoms with Gasteiger partial charge in [-0.1, -0.05) is 6.07 Å². The second-order valence-corrected chi connectivity index (χ2v) is 6.67. The summed E-state index contributed by atoms with van der Waals surface area (Å²) >= 11 is 5.16. The maximum atomic E-state index is 6.27. The van der Waals surface area contributed by atoms with E-state index in [4.69, 9.17) is 15.2 Å². The minimum atomic E-state index is -0.0913. The highest BCUT2D eigenvalue weighted by Crippen LogP contribution is 2.32. The van der Waals surface area contributed by atoms with Crippen molar-refractivity contribution < 1.29 is 9.47 Å². The molecule has 0 aliphatic carbocycles. The number of nitrogens with two attached hydrogens (primary N) is 1. The standard InChI is InChI=1S/C14H16BrNO2S/c1-17-9-3-5-11(13(7-9)18-2)12(16)8-10-4-6-14(15)19-10/h3-7,12H,8,16H2,1-2H3. The molecule has 1 aromatic heterocycles. The van der Waals surface area contributed by atoms with Crippen molar-refractivity contribution in [1.29, 1.82) is 0 Å². The molecular formula is C14H16BrNO2S. The lowest BCUT2D eigenvalue weighted by Gasteiger charge is -2.16. The highest BCUT2D eigenvalue weighted by molar-refractivity contribution is 9.11. The Labute approximate surface area is 125 Å². The fourth-order valence-corrected chi connectivity index (χ4v) is 3.45. The number of thiophene rings is 1. The third-order valence-electron chi connectivity index (χ3n) is 2.89. The SMILES string of the molecule is COc1ccc(C(N)Cc2ccc(Br)s2)c(OC)c1. The summed E-state index contributed by atoms with van der Waals surface area (Å²) in [4.78, 5) is 1.25. The van der Waals surface area contributed by atoms with Gasteiger partial charge in [-0.05, 0) is 34.1 Å². The summed E-state index contributed by atoms with van der Waals surface area (Å²) in [6, 6.07) is 9.77. The summed E-state index contributed by atoms with van der Waals surface area (Å²) in [5.74, 6) is 1.54. The Bertz CT molecular complexity index is 556. The van der Waals surface area contributed by atoms with Crippen LogP contribution in [0, 0.1) is 0 Å². The van der Waals surface area contributed by atoms with Gasteiger partial charge in [-0.25, -0.2) is 0 Å². The maximum Gasteiger partial charge on any atom is 0.127 e. The zero-order chi connectivity index (χ0) is 13.8. The Hall–Kier alpha value is -1.04. The smallest absolute Gasteiger partial charge is 0.127 e. The molecule has 0 bridgehead atoms. The van der Waals surface area contributed by atoms with Crippen LogP contribution in [0.4, 0.5) is 0 Å². The van der Waals surface area contributed by atoms with E-state index in [0.29, 0.717) is 0 Å². The van der Waals surface area contributed by atoms with E-state index in [-0.39, 0.29) is 6.04 Å². The molecule has 0 aliphatic heterocycles. The molecule has 1 heterocycles. The van der Waals surface area contributed by atoms with Gasteiger partial charge in [0.2, 0.25) is 0 Å². The van der Waals surface area contributed by atoms with E-state index in [9.17, 15) is 0 Å². The van der Waals surface area contributed by atoms with Crippen LogP contribution < -0.4 is 15.2 Å². The predicted octanol–water partition coefficient (Wildman–Crippen LogP) is 3.77. The lowest BCUT2D eigenvalue weighted by Crippen LogP contribution is -2.14. The van der Waals surface area contributed by atoms with Gasteiger partial charge in [-0.2, -0.15) is 0 Å². The summed E-state index contributed by atoms with van der Waals surface area (Å²) in [5.41, 5.74) is 7.27. The van der Waals surface area contributed by atoms with Gasteiger partial charge >= 0.3 is 0 Å². The molecule has 5 heteroatoms. The first kappa shape index (κ1) is 14.4. The Kier molecular flexibility index (Phi) is 4.85. The molecule has 1 atom stereocenters. The van der Waals surface area contributed by atoms with Crippen LogP contribution in [-0.4, -0.2) is 14.2 Å². The second-order valence-electron chi connectivity index (χ2n) is 4.12. The number of methoxy groups -OCH3 is 2. The first-order valence-electron chi connectivity index (χ1n) is 5.85. The van der Waals surface area contributed by atoms with Gasteiger partial charge in [-0.3, -0.25) is 0 Å². The van der Waals surface area contributed by atoms with Gasteiger partial charge in [0, 0.05) is 29.0 Å². The molecule has 102 valence electrons. The van der Waals surface area contributed by atoms with Crippen LogP contribution in [0.1, 0.15) is 16.5 Å². The van der Waals surface area contributed by atoms with Crippen molar-refractivity contribution in [3.8, 4) is 11.5 Å².